The average Bonchev–Trinajstić information content (AvgIpc) is 2.93. The van der Waals surface area contributed by atoms with E-state index in [0.717, 1.165) is 29.0 Å². The van der Waals surface area contributed by atoms with Gasteiger partial charge in [-0.1, -0.05) is 18.2 Å². The lowest BCUT2D eigenvalue weighted by atomic mass is 10.1. The first kappa shape index (κ1) is 11.7. The van der Waals surface area contributed by atoms with E-state index in [1.807, 2.05) is 35.2 Å². The van der Waals surface area contributed by atoms with E-state index in [-0.39, 0.29) is 5.91 Å². The van der Waals surface area contributed by atoms with Gasteiger partial charge < -0.3 is 9.32 Å². The van der Waals surface area contributed by atoms with Crippen molar-refractivity contribution in [3.8, 4) is 0 Å². The van der Waals surface area contributed by atoms with Crippen LogP contribution in [-0.4, -0.2) is 23.1 Å². The molecule has 2 aromatic rings. The topological polar surface area (TPSA) is 33.5 Å². The van der Waals surface area contributed by atoms with Crippen LogP contribution in [0.25, 0.3) is 11.0 Å². The van der Waals surface area contributed by atoms with Gasteiger partial charge >= 0.3 is 0 Å². The van der Waals surface area contributed by atoms with Gasteiger partial charge in [-0.15, -0.1) is 0 Å². The van der Waals surface area contributed by atoms with Crippen molar-refractivity contribution in [1.82, 2.24) is 4.90 Å². The molecule has 1 aliphatic rings. The highest BCUT2D eigenvalue weighted by atomic mass is 32.1. The Labute approximate surface area is 111 Å². The Hall–Kier alpha value is -1.42. The van der Waals surface area contributed by atoms with Gasteiger partial charge in [0.25, 0.3) is 0 Å². The number of benzene rings is 1. The van der Waals surface area contributed by atoms with Crippen molar-refractivity contribution in [3.05, 3.63) is 36.1 Å². The number of nitrogens with zero attached hydrogens (tertiary/aromatic N) is 1. The number of para-hydroxylation sites is 1. The van der Waals surface area contributed by atoms with Crippen molar-refractivity contribution < 1.29 is 9.21 Å². The molecule has 1 unspecified atom stereocenters. The van der Waals surface area contributed by atoms with Crippen LogP contribution in [0.5, 0.6) is 0 Å². The molecule has 1 aliphatic heterocycles. The molecule has 1 aromatic heterocycles. The maximum Gasteiger partial charge on any atom is 0.223 e. The summed E-state index contributed by atoms with van der Waals surface area (Å²) < 4.78 is 5.73. The third-order valence-corrected chi connectivity index (χ3v) is 3.89. The second-order valence-electron chi connectivity index (χ2n) is 4.78. The summed E-state index contributed by atoms with van der Waals surface area (Å²) in [6.07, 6.45) is 0.615. The minimum Gasteiger partial charge on any atom is -0.459 e. The van der Waals surface area contributed by atoms with E-state index >= 15 is 0 Å². The molecule has 1 fully saturated rings. The summed E-state index contributed by atoms with van der Waals surface area (Å²) in [7, 11) is 0. The fraction of sp³-hybridized carbons (Fsp3) is 0.357. The molecule has 4 heteroatoms. The van der Waals surface area contributed by atoms with Gasteiger partial charge in [0, 0.05) is 18.4 Å². The second kappa shape index (κ2) is 4.69. The quantitative estimate of drug-likeness (QED) is 0.862. The molecule has 3 nitrogen and oxygen atoms in total. The number of amides is 1. The summed E-state index contributed by atoms with van der Waals surface area (Å²) in [4.78, 5) is 13.7. The van der Waals surface area contributed by atoms with E-state index in [2.05, 4.69) is 12.6 Å². The van der Waals surface area contributed by atoms with Gasteiger partial charge in [0.05, 0.1) is 6.54 Å². The van der Waals surface area contributed by atoms with Crippen LogP contribution >= 0.6 is 12.6 Å². The highest BCUT2D eigenvalue weighted by molar-refractivity contribution is 7.80. The zero-order valence-electron chi connectivity index (χ0n) is 10.0. The smallest absolute Gasteiger partial charge is 0.223 e. The molecule has 0 bridgehead atoms. The molecular weight excluding hydrogens is 246 g/mol. The Morgan fingerprint density at radius 1 is 1.39 bits per heavy atom. The first-order valence-electron chi connectivity index (χ1n) is 6.12. The van der Waals surface area contributed by atoms with E-state index in [0.29, 0.717) is 18.9 Å². The van der Waals surface area contributed by atoms with Gasteiger partial charge in [0.15, 0.2) is 0 Å². The molecule has 1 amide bonds. The molecule has 0 N–H and O–H groups in total. The predicted octanol–water partition coefficient (Wildman–Crippen LogP) is 2.71. The summed E-state index contributed by atoms with van der Waals surface area (Å²) in [6, 6.07) is 9.91. The van der Waals surface area contributed by atoms with Crippen molar-refractivity contribution in [2.45, 2.75) is 13.0 Å². The molecule has 18 heavy (non-hydrogen) atoms. The van der Waals surface area contributed by atoms with Crippen molar-refractivity contribution >= 4 is 29.5 Å². The van der Waals surface area contributed by atoms with Crippen LogP contribution in [0.4, 0.5) is 0 Å². The summed E-state index contributed by atoms with van der Waals surface area (Å²) in [5, 5.41) is 1.09. The highest BCUT2D eigenvalue weighted by Crippen LogP contribution is 2.24. The molecule has 1 saturated heterocycles. The molecule has 94 valence electrons. The summed E-state index contributed by atoms with van der Waals surface area (Å²) in [6.45, 7) is 1.36. The van der Waals surface area contributed by atoms with Gasteiger partial charge in [-0.05, 0) is 23.8 Å². The number of carbonyl (C=O) groups excluding carboxylic acids is 1. The maximum atomic E-state index is 11.8. The SMILES string of the molecule is O=C1CC(CS)CN1Cc1cc2ccccc2o1. The Balaban J connectivity index is 1.78. The molecule has 2 heterocycles. The summed E-state index contributed by atoms with van der Waals surface area (Å²) in [5.74, 6) is 2.20. The Kier molecular flexibility index (Phi) is 3.04. The highest BCUT2D eigenvalue weighted by Gasteiger charge is 2.29. The maximum absolute atomic E-state index is 11.8. The molecule has 3 rings (SSSR count). The number of furan rings is 1. The van der Waals surface area contributed by atoms with Gasteiger partial charge in [0.2, 0.25) is 5.91 Å². The predicted molar refractivity (Wildman–Crippen MR) is 73.6 cm³/mol. The van der Waals surface area contributed by atoms with Crippen LogP contribution in [0.2, 0.25) is 0 Å². The lowest BCUT2D eigenvalue weighted by Gasteiger charge is -2.14. The average molecular weight is 261 g/mol. The molecule has 1 aromatic carbocycles. The Bertz CT molecular complexity index is 545. The molecule has 0 aliphatic carbocycles. The number of hydrogen-bond donors (Lipinski definition) is 1. The fourth-order valence-electron chi connectivity index (χ4n) is 2.43. The Morgan fingerprint density at radius 3 is 2.94 bits per heavy atom. The van der Waals surface area contributed by atoms with E-state index < -0.39 is 0 Å². The number of thiol groups is 1. The van der Waals surface area contributed by atoms with Gasteiger partial charge in [-0.25, -0.2) is 0 Å². The van der Waals surface area contributed by atoms with Crippen molar-refractivity contribution in [2.75, 3.05) is 12.3 Å². The number of fused-ring (bicyclic) bond motifs is 1. The van der Waals surface area contributed by atoms with Gasteiger partial charge in [0.1, 0.15) is 11.3 Å². The number of likely N-dealkylation sites (tertiary alicyclic amines) is 1. The van der Waals surface area contributed by atoms with Crippen molar-refractivity contribution in [3.63, 3.8) is 0 Å². The minimum absolute atomic E-state index is 0.203. The van der Waals surface area contributed by atoms with Crippen LogP contribution in [0, 0.1) is 5.92 Å². The number of hydrogen-bond acceptors (Lipinski definition) is 3. The zero-order chi connectivity index (χ0) is 12.5. The van der Waals surface area contributed by atoms with Crippen LogP contribution in [-0.2, 0) is 11.3 Å². The van der Waals surface area contributed by atoms with Crippen LogP contribution in [0.1, 0.15) is 12.2 Å². The van der Waals surface area contributed by atoms with E-state index in [1.165, 1.54) is 0 Å². The summed E-state index contributed by atoms with van der Waals surface area (Å²) in [5.41, 5.74) is 0.880. The molecule has 0 saturated carbocycles. The van der Waals surface area contributed by atoms with Crippen LogP contribution in [0.15, 0.2) is 34.7 Å². The van der Waals surface area contributed by atoms with E-state index in [4.69, 9.17) is 4.42 Å². The van der Waals surface area contributed by atoms with E-state index in [9.17, 15) is 4.79 Å². The largest absolute Gasteiger partial charge is 0.459 e. The lowest BCUT2D eigenvalue weighted by Crippen LogP contribution is -2.24. The van der Waals surface area contributed by atoms with Gasteiger partial charge in [-0.3, -0.25) is 4.79 Å². The Morgan fingerprint density at radius 2 is 2.22 bits per heavy atom. The summed E-state index contributed by atoms with van der Waals surface area (Å²) >= 11 is 4.26. The van der Waals surface area contributed by atoms with Crippen LogP contribution < -0.4 is 0 Å². The minimum atomic E-state index is 0.203. The third kappa shape index (κ3) is 2.12. The number of carbonyl (C=O) groups is 1. The fourth-order valence-corrected chi connectivity index (χ4v) is 2.68. The standard InChI is InChI=1S/C14H15NO2S/c16-14-5-10(9-18)7-15(14)8-12-6-11-3-1-2-4-13(11)17-12/h1-4,6,10,18H,5,7-9H2. The molecular formula is C14H15NO2S. The lowest BCUT2D eigenvalue weighted by molar-refractivity contribution is -0.128. The third-order valence-electron chi connectivity index (χ3n) is 3.38. The number of rotatable bonds is 3. The second-order valence-corrected chi connectivity index (χ2v) is 5.14. The van der Waals surface area contributed by atoms with E-state index in [1.54, 1.807) is 0 Å². The van der Waals surface area contributed by atoms with Crippen molar-refractivity contribution in [1.29, 1.82) is 0 Å². The monoisotopic (exact) mass is 261 g/mol. The first-order valence-corrected chi connectivity index (χ1v) is 6.75. The molecule has 0 radical (unpaired) electrons. The zero-order valence-corrected chi connectivity index (χ0v) is 10.9. The van der Waals surface area contributed by atoms with Crippen molar-refractivity contribution in [2.24, 2.45) is 5.92 Å². The van der Waals surface area contributed by atoms with Crippen LogP contribution in [0.3, 0.4) is 0 Å². The molecule has 0 spiro atoms. The van der Waals surface area contributed by atoms with Gasteiger partial charge in [-0.2, -0.15) is 12.6 Å². The first-order chi connectivity index (χ1) is 8.76. The normalized spacial score (nSPS) is 19.9. The molecule has 1 atom stereocenters.